The number of rotatable bonds is 8. The number of carbonyl (C=O) groups excluding carboxylic acids is 3. The van der Waals surface area contributed by atoms with Gasteiger partial charge in [-0.2, -0.15) is 0 Å². The Morgan fingerprint density at radius 3 is 2.47 bits per heavy atom. The summed E-state index contributed by atoms with van der Waals surface area (Å²) in [6, 6.07) is 6.29. The number of aromatic amines is 2. The SMILES string of the molecule is C=Cc1c2[nH]c(c1C)C=C1N=C(Cc3[nH]c(c(C)c3C(=O)OC)CC3=NC(C2)C(C)=C3CC)[C@@H](CCC(=O)Nc2ccc(C(=O)NO)cc2)[C@@H]1C. The first-order valence-corrected chi connectivity index (χ1v) is 17.5. The number of anilines is 1. The molecule has 0 fully saturated rings. The predicted octanol–water partition coefficient (Wildman–Crippen LogP) is 6.87. The number of aliphatic imine (C=N–C) groups is 2. The van der Waals surface area contributed by atoms with Crippen molar-refractivity contribution in [3.05, 3.63) is 98.3 Å². The number of fused-ring (bicyclic) bond motifs is 6. The fourth-order valence-corrected chi connectivity index (χ4v) is 7.87. The third-order valence-electron chi connectivity index (χ3n) is 10.8. The minimum absolute atomic E-state index is 0.00143. The van der Waals surface area contributed by atoms with Crippen molar-refractivity contribution >= 4 is 47.0 Å². The van der Waals surface area contributed by atoms with E-state index < -0.39 is 11.9 Å². The predicted molar refractivity (Wildman–Crippen MR) is 199 cm³/mol. The monoisotopic (exact) mass is 690 g/mol. The highest BCUT2D eigenvalue weighted by Crippen LogP contribution is 2.39. The van der Waals surface area contributed by atoms with Crippen LogP contribution < -0.4 is 10.8 Å². The Balaban J connectivity index is 1.37. The van der Waals surface area contributed by atoms with Crippen LogP contribution in [0.3, 0.4) is 0 Å². The molecule has 3 aliphatic rings. The molecule has 2 aromatic heterocycles. The van der Waals surface area contributed by atoms with Gasteiger partial charge in [0.05, 0.1) is 18.7 Å². The Labute approximate surface area is 298 Å². The van der Waals surface area contributed by atoms with Crippen molar-refractivity contribution in [2.24, 2.45) is 21.8 Å². The number of benzene rings is 1. The van der Waals surface area contributed by atoms with E-state index in [-0.39, 0.29) is 35.8 Å². The number of H-pyrrole nitrogens is 2. The minimum Gasteiger partial charge on any atom is -0.465 e. The average Bonchev–Trinajstić information content (AvgIpc) is 3.79. The van der Waals surface area contributed by atoms with E-state index >= 15 is 0 Å². The summed E-state index contributed by atoms with van der Waals surface area (Å²) in [4.78, 5) is 55.9. The van der Waals surface area contributed by atoms with E-state index in [0.717, 1.165) is 63.0 Å². The van der Waals surface area contributed by atoms with Gasteiger partial charge in [0, 0.05) is 88.7 Å². The molecule has 6 rings (SSSR count). The number of nitrogens with zero attached hydrogens (tertiary/aromatic N) is 2. The minimum atomic E-state index is -0.628. The van der Waals surface area contributed by atoms with E-state index in [1.165, 1.54) is 30.4 Å². The molecule has 0 saturated carbocycles. The van der Waals surface area contributed by atoms with Gasteiger partial charge in [-0.05, 0) is 91.8 Å². The number of nitrogens with one attached hydrogen (secondary N) is 4. The van der Waals surface area contributed by atoms with Gasteiger partial charge in [0.1, 0.15) is 0 Å². The molecule has 5 heterocycles. The second kappa shape index (κ2) is 14.5. The van der Waals surface area contributed by atoms with Gasteiger partial charge in [-0.1, -0.05) is 26.5 Å². The molecule has 1 aromatic carbocycles. The van der Waals surface area contributed by atoms with Gasteiger partial charge in [-0.15, -0.1) is 0 Å². The number of allylic oxidation sites excluding steroid dienone is 2. The van der Waals surface area contributed by atoms with Gasteiger partial charge in [-0.25, -0.2) is 10.3 Å². The Hall–Kier alpha value is -5.29. The second-order valence-corrected chi connectivity index (χ2v) is 13.7. The molecule has 5 N–H and O–H groups in total. The molecule has 51 heavy (non-hydrogen) atoms. The number of hydrogen-bond donors (Lipinski definition) is 5. The molecule has 0 aliphatic carbocycles. The number of esters is 1. The van der Waals surface area contributed by atoms with Crippen molar-refractivity contribution in [3.63, 3.8) is 0 Å². The second-order valence-electron chi connectivity index (χ2n) is 13.7. The van der Waals surface area contributed by atoms with Crippen molar-refractivity contribution in [2.75, 3.05) is 12.4 Å². The molecule has 3 aromatic rings. The summed E-state index contributed by atoms with van der Waals surface area (Å²) in [5.74, 6) is -1.28. The molecule has 2 amide bonds. The molecular weight excluding hydrogens is 644 g/mol. The molecule has 0 radical (unpaired) electrons. The highest BCUT2D eigenvalue weighted by molar-refractivity contribution is 6.05. The van der Waals surface area contributed by atoms with Crippen molar-refractivity contribution in [1.29, 1.82) is 0 Å². The van der Waals surface area contributed by atoms with E-state index in [4.69, 9.17) is 19.9 Å². The maximum Gasteiger partial charge on any atom is 0.339 e. The van der Waals surface area contributed by atoms with E-state index in [0.29, 0.717) is 36.9 Å². The van der Waals surface area contributed by atoms with Gasteiger partial charge in [0.15, 0.2) is 0 Å². The average molecular weight is 691 g/mol. The Kier molecular flexibility index (Phi) is 10.1. The van der Waals surface area contributed by atoms with Crippen LogP contribution in [0.25, 0.3) is 12.2 Å². The molecule has 8 bridgehead atoms. The molecule has 3 aliphatic heterocycles. The molecule has 3 atom stereocenters. The van der Waals surface area contributed by atoms with E-state index in [9.17, 15) is 14.4 Å². The summed E-state index contributed by atoms with van der Waals surface area (Å²) >= 11 is 0. The van der Waals surface area contributed by atoms with Crippen molar-refractivity contribution < 1.29 is 24.3 Å². The lowest BCUT2D eigenvalue weighted by Crippen LogP contribution is -2.22. The number of amides is 2. The Morgan fingerprint density at radius 1 is 1.06 bits per heavy atom. The smallest absolute Gasteiger partial charge is 0.339 e. The van der Waals surface area contributed by atoms with Crippen LogP contribution in [-0.4, -0.2) is 57.5 Å². The summed E-state index contributed by atoms with van der Waals surface area (Å²) in [5, 5.41) is 11.8. The van der Waals surface area contributed by atoms with E-state index in [1.54, 1.807) is 17.6 Å². The van der Waals surface area contributed by atoms with Crippen LogP contribution in [0.1, 0.15) is 100 Å². The molecule has 0 spiro atoms. The number of hydrogen-bond acceptors (Lipinski definition) is 7. The van der Waals surface area contributed by atoms with Crippen LogP contribution in [0.5, 0.6) is 0 Å². The number of methoxy groups -OCH3 is 1. The lowest BCUT2D eigenvalue weighted by atomic mass is 9.84. The number of ether oxygens (including phenoxy) is 1. The van der Waals surface area contributed by atoms with Crippen molar-refractivity contribution in [1.82, 2.24) is 15.4 Å². The number of aromatic nitrogens is 2. The Bertz CT molecular complexity index is 2040. The fraction of sp³-hybridized carbons (Fsp3) is 0.375. The standard InChI is InChI=1S/C40H46N6O5/c1-8-26-20(3)29-16-30-22(5)28(14-15-37(47)41-25-12-10-24(11-13-25)39(48)46-50)35(44-30)19-36-38(40(49)51-7)23(6)32(45-36)18-34-27(9-2)21(4)31(43-34)17-33(26)42-29/h8,10-13,16,22,28,31,42,45,50H,1,9,14-15,17-19H2,2-7H3,(H,41,47)(H,46,48)/t22-,28-,31?/m0/s1. The Morgan fingerprint density at radius 2 is 1.80 bits per heavy atom. The van der Waals surface area contributed by atoms with E-state index in [1.807, 2.05) is 13.0 Å². The van der Waals surface area contributed by atoms with Crippen LogP contribution in [0.4, 0.5) is 5.69 Å². The summed E-state index contributed by atoms with van der Waals surface area (Å²) < 4.78 is 5.28. The summed E-state index contributed by atoms with van der Waals surface area (Å²) in [6.45, 7) is 14.7. The van der Waals surface area contributed by atoms with Crippen molar-refractivity contribution in [2.45, 2.75) is 79.2 Å². The van der Waals surface area contributed by atoms with Crippen LogP contribution in [-0.2, 0) is 28.8 Å². The quantitative estimate of drug-likeness (QED) is 0.0990. The first kappa shape index (κ1) is 35.5. The topological polar surface area (TPSA) is 161 Å². The first-order valence-electron chi connectivity index (χ1n) is 17.5. The van der Waals surface area contributed by atoms with Gasteiger partial charge < -0.3 is 20.0 Å². The first-order chi connectivity index (χ1) is 24.5. The van der Waals surface area contributed by atoms with Crippen LogP contribution >= 0.6 is 0 Å². The summed E-state index contributed by atoms with van der Waals surface area (Å²) in [5.41, 5.74) is 15.1. The number of carbonyl (C=O) groups is 3. The van der Waals surface area contributed by atoms with Crippen LogP contribution in [0.2, 0.25) is 0 Å². The fourth-order valence-electron chi connectivity index (χ4n) is 7.87. The summed E-state index contributed by atoms with van der Waals surface area (Å²) in [6.07, 6.45) is 7.33. The van der Waals surface area contributed by atoms with Gasteiger partial charge in [0.2, 0.25) is 5.91 Å². The normalized spacial score (nSPS) is 19.7. The molecule has 266 valence electrons. The zero-order valence-electron chi connectivity index (χ0n) is 30.1. The maximum atomic E-state index is 13.3. The highest BCUT2D eigenvalue weighted by atomic mass is 16.5. The van der Waals surface area contributed by atoms with Crippen molar-refractivity contribution in [3.8, 4) is 0 Å². The lowest BCUT2D eigenvalue weighted by molar-refractivity contribution is -0.116. The third kappa shape index (κ3) is 6.78. The molecule has 0 saturated heterocycles. The van der Waals surface area contributed by atoms with Gasteiger partial charge >= 0.3 is 5.97 Å². The largest absolute Gasteiger partial charge is 0.465 e. The molecule has 1 unspecified atom stereocenters. The van der Waals surface area contributed by atoms with Gasteiger partial charge in [0.25, 0.3) is 5.91 Å². The van der Waals surface area contributed by atoms with Gasteiger partial charge in [-0.3, -0.25) is 24.8 Å². The lowest BCUT2D eigenvalue weighted by Gasteiger charge is -2.18. The zero-order valence-corrected chi connectivity index (χ0v) is 30.1. The summed E-state index contributed by atoms with van der Waals surface area (Å²) in [7, 11) is 1.40. The van der Waals surface area contributed by atoms with Crippen LogP contribution in [0.15, 0.2) is 57.7 Å². The molecular formula is C40H46N6O5. The number of hydroxylamine groups is 1. The maximum absolute atomic E-state index is 13.3. The highest BCUT2D eigenvalue weighted by Gasteiger charge is 2.35. The third-order valence-corrected chi connectivity index (χ3v) is 10.8. The molecule has 11 nitrogen and oxygen atoms in total. The van der Waals surface area contributed by atoms with E-state index in [2.05, 4.69) is 55.6 Å². The van der Waals surface area contributed by atoms with Crippen LogP contribution in [0, 0.1) is 25.7 Å². The molecule has 11 heteroatoms. The zero-order chi connectivity index (χ0) is 36.6.